The van der Waals surface area contributed by atoms with Gasteiger partial charge in [-0.1, -0.05) is 84.0 Å². The van der Waals surface area contributed by atoms with Crippen LogP contribution >= 0.6 is 0 Å². The summed E-state index contributed by atoms with van der Waals surface area (Å²) in [5, 5.41) is 0. The summed E-state index contributed by atoms with van der Waals surface area (Å²) in [6, 6.07) is 22.8. The molecule has 3 aromatic carbocycles. The fraction of sp³-hybridized carbons (Fsp3) is 0.308. The lowest BCUT2D eigenvalue weighted by atomic mass is 9.82. The van der Waals surface area contributed by atoms with E-state index in [9.17, 15) is 0 Å². The van der Waals surface area contributed by atoms with Crippen molar-refractivity contribution in [1.82, 2.24) is 0 Å². The summed E-state index contributed by atoms with van der Waals surface area (Å²) < 4.78 is 6.45. The average molecular weight is 374 g/mol. The molecule has 0 aliphatic carbocycles. The average Bonchev–Trinajstić information content (AvgIpc) is 2.62. The van der Waals surface area contributed by atoms with Gasteiger partial charge in [-0.2, -0.15) is 0 Å². The summed E-state index contributed by atoms with van der Waals surface area (Å²) in [6.45, 7) is 13.4. The summed E-state index contributed by atoms with van der Waals surface area (Å²) in [5.41, 5.74) is 11.4. The van der Waals surface area contributed by atoms with Crippen molar-refractivity contribution in [2.45, 2.75) is 52.4 Å². The molecule has 0 atom stereocenters. The highest BCUT2D eigenvalue weighted by atomic mass is 16.5. The number of hydrogen-bond acceptors (Lipinski definition) is 2. The fourth-order valence-corrected chi connectivity index (χ4v) is 3.27. The SMILES string of the molecule is CC(C)(C)c1cccc(-c2cccc(C(C)(C)C)c2Oc2ccc(N)cc2)c1. The maximum atomic E-state index is 6.45. The molecule has 0 unspecified atom stereocenters. The van der Waals surface area contributed by atoms with Crippen molar-refractivity contribution >= 4 is 5.69 Å². The summed E-state index contributed by atoms with van der Waals surface area (Å²) in [5.74, 6) is 1.70. The number of nitrogens with two attached hydrogens (primary N) is 1. The number of benzene rings is 3. The Labute approximate surface area is 169 Å². The molecule has 0 aromatic heterocycles. The summed E-state index contributed by atoms with van der Waals surface area (Å²) in [6.07, 6.45) is 0. The molecule has 0 fully saturated rings. The molecule has 2 N–H and O–H groups in total. The fourth-order valence-electron chi connectivity index (χ4n) is 3.27. The minimum absolute atomic E-state index is 0.0409. The summed E-state index contributed by atoms with van der Waals surface area (Å²) in [4.78, 5) is 0. The topological polar surface area (TPSA) is 35.2 Å². The zero-order chi connectivity index (χ0) is 20.5. The van der Waals surface area contributed by atoms with Crippen LogP contribution in [0.3, 0.4) is 0 Å². The first-order valence-corrected chi connectivity index (χ1v) is 9.83. The lowest BCUT2D eigenvalue weighted by molar-refractivity contribution is 0.457. The van der Waals surface area contributed by atoms with E-state index in [1.807, 2.05) is 24.3 Å². The Morgan fingerprint density at radius 2 is 1.36 bits per heavy atom. The summed E-state index contributed by atoms with van der Waals surface area (Å²) in [7, 11) is 0. The van der Waals surface area contributed by atoms with Gasteiger partial charge < -0.3 is 10.5 Å². The van der Waals surface area contributed by atoms with Crippen molar-refractivity contribution in [2.75, 3.05) is 5.73 Å². The van der Waals surface area contributed by atoms with Gasteiger partial charge in [-0.05, 0) is 46.2 Å². The molecule has 0 aliphatic rings. The first-order valence-electron chi connectivity index (χ1n) is 9.83. The number of anilines is 1. The third kappa shape index (κ3) is 4.39. The first kappa shape index (κ1) is 20.0. The van der Waals surface area contributed by atoms with Crippen LogP contribution in [0, 0.1) is 0 Å². The van der Waals surface area contributed by atoms with Gasteiger partial charge in [0.05, 0.1) is 0 Å². The number of rotatable bonds is 3. The third-order valence-electron chi connectivity index (χ3n) is 4.96. The van der Waals surface area contributed by atoms with Crippen LogP contribution in [0.2, 0.25) is 0 Å². The molecule has 28 heavy (non-hydrogen) atoms. The lowest BCUT2D eigenvalue weighted by Gasteiger charge is -2.26. The Morgan fingerprint density at radius 3 is 1.96 bits per heavy atom. The largest absolute Gasteiger partial charge is 0.456 e. The second-order valence-corrected chi connectivity index (χ2v) is 9.43. The zero-order valence-electron chi connectivity index (χ0n) is 17.8. The Bertz CT molecular complexity index is 957. The van der Waals surface area contributed by atoms with Crippen LogP contribution in [0.4, 0.5) is 5.69 Å². The van der Waals surface area contributed by atoms with Crippen LogP contribution in [0.25, 0.3) is 11.1 Å². The van der Waals surface area contributed by atoms with Gasteiger partial charge >= 0.3 is 0 Å². The number of nitrogen functional groups attached to an aromatic ring is 1. The van der Waals surface area contributed by atoms with E-state index in [0.717, 1.165) is 22.7 Å². The molecule has 0 saturated heterocycles. The van der Waals surface area contributed by atoms with Crippen LogP contribution in [0.15, 0.2) is 66.7 Å². The van der Waals surface area contributed by atoms with Gasteiger partial charge in [-0.15, -0.1) is 0 Å². The molecule has 0 saturated carbocycles. The Morgan fingerprint density at radius 1 is 0.714 bits per heavy atom. The molecule has 2 nitrogen and oxygen atoms in total. The van der Waals surface area contributed by atoms with Gasteiger partial charge in [0.25, 0.3) is 0 Å². The smallest absolute Gasteiger partial charge is 0.138 e. The number of para-hydroxylation sites is 1. The second-order valence-electron chi connectivity index (χ2n) is 9.43. The molecule has 146 valence electrons. The van der Waals surface area contributed by atoms with E-state index in [2.05, 4.69) is 84.0 Å². The molecular formula is C26H31NO. The predicted molar refractivity (Wildman–Crippen MR) is 120 cm³/mol. The van der Waals surface area contributed by atoms with E-state index in [1.165, 1.54) is 16.7 Å². The summed E-state index contributed by atoms with van der Waals surface area (Å²) >= 11 is 0. The molecule has 0 radical (unpaired) electrons. The van der Waals surface area contributed by atoms with Gasteiger partial charge in [0.2, 0.25) is 0 Å². The normalized spacial score (nSPS) is 12.1. The van der Waals surface area contributed by atoms with Crippen LogP contribution in [0.1, 0.15) is 52.7 Å². The van der Waals surface area contributed by atoms with E-state index in [0.29, 0.717) is 0 Å². The van der Waals surface area contributed by atoms with Gasteiger partial charge in [-0.25, -0.2) is 0 Å². The molecule has 0 heterocycles. The van der Waals surface area contributed by atoms with Gasteiger partial charge in [0, 0.05) is 16.8 Å². The maximum absolute atomic E-state index is 6.45. The standard InChI is InChI=1S/C26H31NO/c1-25(2,3)19-10-7-9-18(17-19)22-11-8-12-23(26(4,5)6)24(22)28-21-15-13-20(27)14-16-21/h7-17H,27H2,1-6H3. The Hall–Kier alpha value is -2.74. The molecule has 0 aliphatic heterocycles. The lowest BCUT2D eigenvalue weighted by Crippen LogP contribution is -2.13. The molecule has 0 bridgehead atoms. The minimum atomic E-state index is -0.0409. The van der Waals surface area contributed by atoms with Crippen LogP contribution < -0.4 is 10.5 Å². The molecule has 0 amide bonds. The monoisotopic (exact) mass is 373 g/mol. The van der Waals surface area contributed by atoms with Crippen LogP contribution in [-0.2, 0) is 10.8 Å². The van der Waals surface area contributed by atoms with E-state index >= 15 is 0 Å². The molecule has 3 rings (SSSR count). The highest BCUT2D eigenvalue weighted by Gasteiger charge is 2.23. The van der Waals surface area contributed by atoms with Crippen molar-refractivity contribution in [3.63, 3.8) is 0 Å². The van der Waals surface area contributed by atoms with E-state index in [4.69, 9.17) is 10.5 Å². The highest BCUT2D eigenvalue weighted by molar-refractivity contribution is 5.74. The number of hydrogen-bond donors (Lipinski definition) is 1. The Balaban J connectivity index is 2.17. The van der Waals surface area contributed by atoms with Gasteiger partial charge in [0.1, 0.15) is 11.5 Å². The quantitative estimate of drug-likeness (QED) is 0.488. The Kier molecular flexibility index (Phi) is 5.25. The van der Waals surface area contributed by atoms with Gasteiger partial charge in [-0.3, -0.25) is 0 Å². The van der Waals surface area contributed by atoms with E-state index in [-0.39, 0.29) is 10.8 Å². The van der Waals surface area contributed by atoms with E-state index < -0.39 is 0 Å². The second kappa shape index (κ2) is 7.35. The first-order chi connectivity index (χ1) is 13.1. The molecule has 3 aromatic rings. The minimum Gasteiger partial charge on any atom is -0.456 e. The van der Waals surface area contributed by atoms with Crippen molar-refractivity contribution in [1.29, 1.82) is 0 Å². The maximum Gasteiger partial charge on any atom is 0.138 e. The predicted octanol–water partition coefficient (Wildman–Crippen LogP) is 7.32. The van der Waals surface area contributed by atoms with Crippen molar-refractivity contribution in [3.05, 3.63) is 77.9 Å². The highest BCUT2D eigenvalue weighted by Crippen LogP contribution is 2.42. The van der Waals surface area contributed by atoms with Crippen molar-refractivity contribution < 1.29 is 4.74 Å². The van der Waals surface area contributed by atoms with Crippen molar-refractivity contribution in [2.24, 2.45) is 0 Å². The van der Waals surface area contributed by atoms with E-state index in [1.54, 1.807) is 0 Å². The van der Waals surface area contributed by atoms with Crippen LogP contribution in [-0.4, -0.2) is 0 Å². The molecule has 0 spiro atoms. The van der Waals surface area contributed by atoms with Crippen molar-refractivity contribution in [3.8, 4) is 22.6 Å². The van der Waals surface area contributed by atoms with Crippen LogP contribution in [0.5, 0.6) is 11.5 Å². The number of ether oxygens (including phenoxy) is 1. The molecule has 2 heteroatoms. The van der Waals surface area contributed by atoms with Gasteiger partial charge in [0.15, 0.2) is 0 Å². The molecular weight excluding hydrogens is 342 g/mol. The zero-order valence-corrected chi connectivity index (χ0v) is 17.8. The third-order valence-corrected chi connectivity index (χ3v) is 4.96.